The van der Waals surface area contributed by atoms with Gasteiger partial charge in [0.1, 0.15) is 5.82 Å². The highest BCUT2D eigenvalue weighted by molar-refractivity contribution is 6.36. The van der Waals surface area contributed by atoms with Crippen molar-refractivity contribution in [1.82, 2.24) is 4.98 Å². The normalized spacial score (nSPS) is 30.8. The number of aliphatic hydroxyl groups is 1. The van der Waals surface area contributed by atoms with E-state index in [0.717, 1.165) is 25.2 Å². The summed E-state index contributed by atoms with van der Waals surface area (Å²) in [6.07, 6.45) is 4.13. The van der Waals surface area contributed by atoms with Gasteiger partial charge in [0.2, 0.25) is 0 Å². The Kier molecular flexibility index (Phi) is 4.36. The number of aromatic nitrogens is 1. The molecule has 2 saturated heterocycles. The summed E-state index contributed by atoms with van der Waals surface area (Å²) in [4.78, 5) is 6.57. The molecule has 0 radical (unpaired) electrons. The Morgan fingerprint density at radius 3 is 2.95 bits per heavy atom. The van der Waals surface area contributed by atoms with Crippen LogP contribution in [0, 0.1) is 5.92 Å². The molecule has 2 aliphatic rings. The summed E-state index contributed by atoms with van der Waals surface area (Å²) in [6.45, 7) is 2.15. The van der Waals surface area contributed by atoms with Gasteiger partial charge in [-0.1, -0.05) is 23.2 Å². The summed E-state index contributed by atoms with van der Waals surface area (Å²) >= 11 is 12.2. The lowest BCUT2D eigenvalue weighted by molar-refractivity contribution is -0.0438. The van der Waals surface area contributed by atoms with Crippen LogP contribution in [0.2, 0.25) is 10.0 Å². The number of ether oxygens (including phenoxy) is 1. The van der Waals surface area contributed by atoms with Gasteiger partial charge in [0.15, 0.2) is 0 Å². The molecule has 3 rings (SSSR count). The second kappa shape index (κ2) is 6.06. The van der Waals surface area contributed by atoms with Gasteiger partial charge < -0.3 is 14.7 Å². The third-order valence-corrected chi connectivity index (χ3v) is 4.70. The number of rotatable bonds is 2. The molecule has 1 N–H and O–H groups in total. The minimum atomic E-state index is -0.305. The first-order valence-electron chi connectivity index (χ1n) is 7.00. The largest absolute Gasteiger partial charge is 0.393 e. The molecular weight excluding hydrogens is 299 g/mol. The lowest BCUT2D eigenvalue weighted by atomic mass is 9.89. The van der Waals surface area contributed by atoms with Gasteiger partial charge in [-0.2, -0.15) is 0 Å². The molecule has 0 aliphatic carbocycles. The number of hydrogen-bond donors (Lipinski definition) is 1. The Labute approximate surface area is 128 Å². The fourth-order valence-electron chi connectivity index (χ4n) is 3.24. The SMILES string of the molecule is O[C@@H]1CCOC[C@@H]1[C@@H]1CCCN1c1ncc(Cl)cc1Cl. The molecule has 0 aromatic carbocycles. The Morgan fingerprint density at radius 1 is 1.35 bits per heavy atom. The van der Waals surface area contributed by atoms with Crippen molar-refractivity contribution in [2.75, 3.05) is 24.7 Å². The van der Waals surface area contributed by atoms with Crippen LogP contribution in [0.1, 0.15) is 19.3 Å². The lowest BCUT2D eigenvalue weighted by Crippen LogP contribution is -2.46. The fourth-order valence-corrected chi connectivity index (χ4v) is 3.72. The molecule has 0 unspecified atom stereocenters. The van der Waals surface area contributed by atoms with E-state index in [0.29, 0.717) is 29.7 Å². The Balaban J connectivity index is 1.84. The highest BCUT2D eigenvalue weighted by atomic mass is 35.5. The first kappa shape index (κ1) is 14.4. The van der Waals surface area contributed by atoms with Crippen LogP contribution < -0.4 is 4.90 Å². The van der Waals surface area contributed by atoms with Gasteiger partial charge in [-0.3, -0.25) is 0 Å². The summed E-state index contributed by atoms with van der Waals surface area (Å²) in [5.41, 5.74) is 0. The van der Waals surface area contributed by atoms with E-state index in [4.69, 9.17) is 27.9 Å². The quantitative estimate of drug-likeness (QED) is 0.911. The summed E-state index contributed by atoms with van der Waals surface area (Å²) in [7, 11) is 0. The van der Waals surface area contributed by atoms with Crippen molar-refractivity contribution in [2.45, 2.75) is 31.4 Å². The Bertz CT molecular complexity index is 486. The van der Waals surface area contributed by atoms with E-state index >= 15 is 0 Å². The van der Waals surface area contributed by atoms with Crippen molar-refractivity contribution in [2.24, 2.45) is 5.92 Å². The van der Waals surface area contributed by atoms with Crippen LogP contribution in [0.15, 0.2) is 12.3 Å². The second-order valence-electron chi connectivity index (χ2n) is 5.46. The number of halogens is 2. The van der Waals surface area contributed by atoms with Crippen molar-refractivity contribution in [3.05, 3.63) is 22.3 Å². The van der Waals surface area contributed by atoms with Crippen molar-refractivity contribution in [3.63, 3.8) is 0 Å². The van der Waals surface area contributed by atoms with Crippen molar-refractivity contribution < 1.29 is 9.84 Å². The maximum atomic E-state index is 10.2. The summed E-state index contributed by atoms with van der Waals surface area (Å²) in [5, 5.41) is 11.3. The van der Waals surface area contributed by atoms with E-state index in [1.165, 1.54) is 0 Å². The van der Waals surface area contributed by atoms with E-state index in [1.807, 2.05) is 0 Å². The fraction of sp³-hybridized carbons (Fsp3) is 0.643. The van der Waals surface area contributed by atoms with E-state index in [2.05, 4.69) is 9.88 Å². The molecule has 0 spiro atoms. The molecule has 0 amide bonds. The topological polar surface area (TPSA) is 45.6 Å². The molecule has 3 heterocycles. The van der Waals surface area contributed by atoms with Gasteiger partial charge in [-0.25, -0.2) is 4.98 Å². The molecule has 2 fully saturated rings. The Hall–Kier alpha value is -0.550. The minimum absolute atomic E-state index is 0.125. The van der Waals surface area contributed by atoms with Gasteiger partial charge in [0.25, 0.3) is 0 Å². The first-order chi connectivity index (χ1) is 9.66. The number of nitrogens with zero attached hydrogens (tertiary/aromatic N) is 2. The highest BCUT2D eigenvalue weighted by Gasteiger charge is 2.38. The maximum absolute atomic E-state index is 10.2. The number of anilines is 1. The zero-order valence-electron chi connectivity index (χ0n) is 11.1. The van der Waals surface area contributed by atoms with Crippen molar-refractivity contribution in [3.8, 4) is 0 Å². The average Bonchev–Trinajstić information content (AvgIpc) is 2.88. The average molecular weight is 317 g/mol. The lowest BCUT2D eigenvalue weighted by Gasteiger charge is -2.37. The van der Waals surface area contributed by atoms with E-state index in [9.17, 15) is 5.11 Å². The van der Waals surface area contributed by atoms with Crippen LogP contribution in [0.4, 0.5) is 5.82 Å². The van der Waals surface area contributed by atoms with Crippen LogP contribution in [0.25, 0.3) is 0 Å². The van der Waals surface area contributed by atoms with Gasteiger partial charge in [0, 0.05) is 31.3 Å². The standard InChI is InChI=1S/C14H18Cl2N2O2/c15-9-6-11(16)14(17-7-9)18-4-1-2-12(18)10-8-20-5-3-13(10)19/h6-7,10,12-13,19H,1-5,8H2/t10-,12+,13-/m1/s1. The second-order valence-corrected chi connectivity index (χ2v) is 6.30. The van der Waals surface area contributed by atoms with Gasteiger partial charge in [0.05, 0.1) is 22.8 Å². The van der Waals surface area contributed by atoms with Gasteiger partial charge in [-0.15, -0.1) is 0 Å². The molecule has 6 heteroatoms. The minimum Gasteiger partial charge on any atom is -0.393 e. The zero-order valence-corrected chi connectivity index (χ0v) is 12.6. The van der Waals surface area contributed by atoms with E-state index < -0.39 is 0 Å². The predicted molar refractivity (Wildman–Crippen MR) is 79.6 cm³/mol. The molecular formula is C14H18Cl2N2O2. The zero-order chi connectivity index (χ0) is 14.1. The van der Waals surface area contributed by atoms with Gasteiger partial charge in [-0.05, 0) is 25.3 Å². The van der Waals surface area contributed by atoms with Crippen LogP contribution >= 0.6 is 23.2 Å². The number of aliphatic hydroxyl groups excluding tert-OH is 1. The summed E-state index contributed by atoms with van der Waals surface area (Å²) in [5.74, 6) is 0.885. The third-order valence-electron chi connectivity index (χ3n) is 4.22. The van der Waals surface area contributed by atoms with Crippen molar-refractivity contribution >= 4 is 29.0 Å². The molecule has 4 nitrogen and oxygen atoms in total. The summed E-state index contributed by atoms with van der Waals surface area (Å²) in [6, 6.07) is 1.95. The third kappa shape index (κ3) is 2.75. The summed E-state index contributed by atoms with van der Waals surface area (Å²) < 4.78 is 5.54. The van der Waals surface area contributed by atoms with Crippen LogP contribution in [0.5, 0.6) is 0 Å². The molecule has 20 heavy (non-hydrogen) atoms. The van der Waals surface area contributed by atoms with Crippen LogP contribution in [0.3, 0.4) is 0 Å². The number of pyridine rings is 1. The van der Waals surface area contributed by atoms with E-state index in [-0.39, 0.29) is 18.1 Å². The van der Waals surface area contributed by atoms with Crippen LogP contribution in [-0.4, -0.2) is 42.0 Å². The molecule has 110 valence electrons. The molecule has 1 aromatic heterocycles. The van der Waals surface area contributed by atoms with E-state index in [1.54, 1.807) is 12.3 Å². The molecule has 0 bridgehead atoms. The predicted octanol–water partition coefficient (Wildman–Crippen LogP) is 2.75. The smallest absolute Gasteiger partial charge is 0.147 e. The van der Waals surface area contributed by atoms with Crippen LogP contribution in [-0.2, 0) is 4.74 Å². The highest BCUT2D eigenvalue weighted by Crippen LogP contribution is 2.36. The molecule has 3 atom stereocenters. The van der Waals surface area contributed by atoms with Crippen molar-refractivity contribution in [1.29, 1.82) is 0 Å². The number of hydrogen-bond acceptors (Lipinski definition) is 4. The Morgan fingerprint density at radius 2 is 2.20 bits per heavy atom. The van der Waals surface area contributed by atoms with Gasteiger partial charge >= 0.3 is 0 Å². The maximum Gasteiger partial charge on any atom is 0.147 e. The molecule has 2 aliphatic heterocycles. The monoisotopic (exact) mass is 316 g/mol. The molecule has 1 aromatic rings. The molecule has 0 saturated carbocycles. The first-order valence-corrected chi connectivity index (χ1v) is 7.76.